The van der Waals surface area contributed by atoms with Crippen molar-refractivity contribution in [1.29, 1.82) is 0 Å². The molecule has 0 saturated carbocycles. The minimum atomic E-state index is 0.230. The Morgan fingerprint density at radius 2 is 2.16 bits per heavy atom. The van der Waals surface area contributed by atoms with Gasteiger partial charge in [-0.2, -0.15) is 4.52 Å². The fourth-order valence-electron chi connectivity index (χ4n) is 4.10. The zero-order valence-corrected chi connectivity index (χ0v) is 16.9. The van der Waals surface area contributed by atoms with Crippen LogP contribution in [-0.4, -0.2) is 47.2 Å². The van der Waals surface area contributed by atoms with E-state index >= 15 is 0 Å². The van der Waals surface area contributed by atoms with E-state index in [0.29, 0.717) is 23.1 Å². The summed E-state index contributed by atoms with van der Waals surface area (Å²) in [5.41, 5.74) is 10.9. The van der Waals surface area contributed by atoms with Gasteiger partial charge in [-0.1, -0.05) is 0 Å². The van der Waals surface area contributed by atoms with Crippen LogP contribution in [0.5, 0.6) is 0 Å². The number of rotatable bonds is 4. The van der Waals surface area contributed by atoms with E-state index < -0.39 is 0 Å². The highest BCUT2D eigenvalue weighted by Crippen LogP contribution is 2.34. The van der Waals surface area contributed by atoms with E-state index in [0.717, 1.165) is 54.3 Å². The lowest BCUT2D eigenvalue weighted by atomic mass is 10.0. The maximum atomic E-state index is 6.27. The second-order valence-corrected chi connectivity index (χ2v) is 7.77. The minimum Gasteiger partial charge on any atom is -0.443 e. The third kappa shape index (κ3) is 2.95. The molecule has 10 nitrogen and oxygen atoms in total. The fourth-order valence-corrected chi connectivity index (χ4v) is 4.10. The molecule has 5 aromatic rings. The Bertz CT molecular complexity index is 1400. The molecule has 0 bridgehead atoms. The van der Waals surface area contributed by atoms with Gasteiger partial charge in [0, 0.05) is 43.3 Å². The van der Waals surface area contributed by atoms with Crippen molar-refractivity contribution in [3.8, 4) is 22.7 Å². The molecule has 6 rings (SSSR count). The van der Waals surface area contributed by atoms with E-state index in [-0.39, 0.29) is 5.95 Å². The van der Waals surface area contributed by atoms with Gasteiger partial charge in [-0.15, -0.1) is 5.10 Å². The van der Waals surface area contributed by atoms with Crippen molar-refractivity contribution in [2.45, 2.75) is 19.8 Å². The predicted octanol–water partition coefficient (Wildman–Crippen LogP) is 2.56. The van der Waals surface area contributed by atoms with Gasteiger partial charge in [-0.05, 0) is 31.4 Å². The summed E-state index contributed by atoms with van der Waals surface area (Å²) in [6.45, 7) is 3.52. The Balaban J connectivity index is 1.60. The maximum absolute atomic E-state index is 6.27. The van der Waals surface area contributed by atoms with Crippen LogP contribution in [-0.2, 0) is 11.2 Å². The summed E-state index contributed by atoms with van der Waals surface area (Å²) in [6, 6.07) is 3.95. The Morgan fingerprint density at radius 1 is 1.23 bits per heavy atom. The van der Waals surface area contributed by atoms with E-state index in [1.54, 1.807) is 10.7 Å². The number of fused-ring (bicyclic) bond motifs is 2. The zero-order valence-electron chi connectivity index (χ0n) is 16.9. The second kappa shape index (κ2) is 6.88. The van der Waals surface area contributed by atoms with Crippen molar-refractivity contribution in [2.24, 2.45) is 5.92 Å². The van der Waals surface area contributed by atoms with Gasteiger partial charge in [0.1, 0.15) is 17.6 Å². The molecule has 1 fully saturated rings. The van der Waals surface area contributed by atoms with Crippen molar-refractivity contribution in [2.75, 3.05) is 18.9 Å². The standard InChI is InChI=1S/C21H20N8O2/c1-12-9-24-16-3-2-14(10-28(12)16)17-18(20-23-5-7-31-20)26-21(22)29-19(17)25-15(27-29)8-13-4-6-30-11-13/h2-3,5,7,9-10,13H,4,6,8,11H2,1H3,(H2,22,26)/t13-/m1/s1. The highest BCUT2D eigenvalue weighted by molar-refractivity contribution is 5.88. The number of imidazole rings is 1. The van der Waals surface area contributed by atoms with Crippen LogP contribution < -0.4 is 5.73 Å². The lowest BCUT2D eigenvalue weighted by Crippen LogP contribution is -2.07. The molecule has 0 radical (unpaired) electrons. The molecular formula is C21H20N8O2. The number of hydrogen-bond acceptors (Lipinski definition) is 8. The average molecular weight is 416 g/mol. The van der Waals surface area contributed by atoms with Crippen LogP contribution in [0.25, 0.3) is 34.0 Å². The van der Waals surface area contributed by atoms with Gasteiger partial charge in [-0.3, -0.25) is 0 Å². The molecule has 1 atom stereocenters. The Labute approximate surface area is 176 Å². The Morgan fingerprint density at radius 3 is 2.97 bits per heavy atom. The average Bonchev–Trinajstić information content (AvgIpc) is 3.56. The first-order valence-electron chi connectivity index (χ1n) is 10.1. The van der Waals surface area contributed by atoms with E-state index in [4.69, 9.17) is 19.9 Å². The summed E-state index contributed by atoms with van der Waals surface area (Å²) in [5.74, 6) is 1.73. The summed E-state index contributed by atoms with van der Waals surface area (Å²) in [7, 11) is 0. The third-order valence-corrected chi connectivity index (χ3v) is 5.66. The van der Waals surface area contributed by atoms with Gasteiger partial charge in [0.15, 0.2) is 11.5 Å². The number of anilines is 1. The summed E-state index contributed by atoms with van der Waals surface area (Å²) in [5, 5.41) is 4.65. The molecule has 6 heterocycles. The largest absolute Gasteiger partial charge is 0.443 e. The number of nitrogens with two attached hydrogens (primary N) is 1. The molecule has 10 heteroatoms. The van der Waals surface area contributed by atoms with Crippen LogP contribution in [0.15, 0.2) is 41.4 Å². The number of hydrogen-bond donors (Lipinski definition) is 1. The van der Waals surface area contributed by atoms with Crippen molar-refractivity contribution in [3.05, 3.63) is 48.5 Å². The zero-order chi connectivity index (χ0) is 20.9. The summed E-state index contributed by atoms with van der Waals surface area (Å²) in [4.78, 5) is 18.2. The molecule has 1 aliphatic heterocycles. The predicted molar refractivity (Wildman–Crippen MR) is 112 cm³/mol. The van der Waals surface area contributed by atoms with Crippen molar-refractivity contribution in [1.82, 2.24) is 34.0 Å². The number of aryl methyl sites for hydroxylation is 1. The van der Waals surface area contributed by atoms with E-state index in [2.05, 4.69) is 20.1 Å². The van der Waals surface area contributed by atoms with Crippen LogP contribution in [0, 0.1) is 12.8 Å². The van der Waals surface area contributed by atoms with E-state index in [1.807, 2.05) is 35.9 Å². The number of pyridine rings is 1. The molecule has 1 saturated heterocycles. The molecule has 31 heavy (non-hydrogen) atoms. The van der Waals surface area contributed by atoms with Gasteiger partial charge in [-0.25, -0.2) is 19.9 Å². The van der Waals surface area contributed by atoms with Gasteiger partial charge < -0.3 is 19.3 Å². The van der Waals surface area contributed by atoms with Crippen LogP contribution >= 0.6 is 0 Å². The topological polar surface area (TPSA) is 122 Å². The number of nitrogen functional groups attached to an aromatic ring is 1. The molecule has 0 aromatic carbocycles. The minimum absolute atomic E-state index is 0.230. The SMILES string of the molecule is Cc1cnc2ccc(-c3c(-c4ncco4)nc(N)n4nc(C[C@H]5CCOC5)nc34)cn12. The summed E-state index contributed by atoms with van der Waals surface area (Å²) in [6.07, 6.45) is 8.68. The summed E-state index contributed by atoms with van der Waals surface area (Å²) < 4.78 is 14.7. The molecule has 0 unspecified atom stereocenters. The molecule has 0 amide bonds. The van der Waals surface area contributed by atoms with Crippen LogP contribution in [0.4, 0.5) is 5.95 Å². The molecule has 1 aliphatic rings. The van der Waals surface area contributed by atoms with Crippen LogP contribution in [0.1, 0.15) is 17.9 Å². The first-order chi connectivity index (χ1) is 15.2. The number of aromatic nitrogens is 7. The lowest BCUT2D eigenvalue weighted by Gasteiger charge is -2.10. The summed E-state index contributed by atoms with van der Waals surface area (Å²) >= 11 is 0. The van der Waals surface area contributed by atoms with Gasteiger partial charge >= 0.3 is 0 Å². The van der Waals surface area contributed by atoms with Crippen molar-refractivity contribution in [3.63, 3.8) is 0 Å². The number of nitrogens with zero attached hydrogens (tertiary/aromatic N) is 7. The van der Waals surface area contributed by atoms with Crippen LogP contribution in [0.3, 0.4) is 0 Å². The van der Waals surface area contributed by atoms with Crippen molar-refractivity contribution >= 4 is 17.2 Å². The Kier molecular flexibility index (Phi) is 4.00. The van der Waals surface area contributed by atoms with Crippen LogP contribution in [0.2, 0.25) is 0 Å². The number of ether oxygens (including phenoxy) is 1. The molecule has 0 aliphatic carbocycles. The third-order valence-electron chi connectivity index (χ3n) is 5.66. The van der Waals surface area contributed by atoms with E-state index in [9.17, 15) is 0 Å². The highest BCUT2D eigenvalue weighted by atomic mass is 16.5. The lowest BCUT2D eigenvalue weighted by molar-refractivity contribution is 0.185. The second-order valence-electron chi connectivity index (χ2n) is 7.77. The van der Waals surface area contributed by atoms with Gasteiger partial charge in [0.2, 0.25) is 11.8 Å². The maximum Gasteiger partial charge on any atom is 0.245 e. The first kappa shape index (κ1) is 18.0. The monoisotopic (exact) mass is 416 g/mol. The molecule has 156 valence electrons. The van der Waals surface area contributed by atoms with E-state index in [1.165, 1.54) is 6.26 Å². The molecule has 2 N–H and O–H groups in total. The highest BCUT2D eigenvalue weighted by Gasteiger charge is 2.24. The molecule has 0 spiro atoms. The van der Waals surface area contributed by atoms with Gasteiger partial charge in [0.05, 0.1) is 11.8 Å². The fraction of sp³-hybridized carbons (Fsp3) is 0.286. The molecule has 5 aromatic heterocycles. The normalized spacial score (nSPS) is 16.6. The smallest absolute Gasteiger partial charge is 0.245 e. The molecular weight excluding hydrogens is 396 g/mol. The first-order valence-corrected chi connectivity index (χ1v) is 10.1. The van der Waals surface area contributed by atoms with Gasteiger partial charge in [0.25, 0.3) is 0 Å². The van der Waals surface area contributed by atoms with Crippen molar-refractivity contribution < 1.29 is 9.15 Å². The Hall–Kier alpha value is -3.79. The quantitative estimate of drug-likeness (QED) is 0.474. The number of oxazole rings is 1.